The van der Waals surface area contributed by atoms with E-state index in [2.05, 4.69) is 0 Å². The third-order valence-electron chi connectivity index (χ3n) is 3.62. The zero-order chi connectivity index (χ0) is 21.4. The van der Waals surface area contributed by atoms with E-state index in [1.807, 2.05) is 0 Å². The molecule has 0 heterocycles. The number of benzene rings is 2. The standard InChI is InChI=1S/C14H8F4N4O6/c1-19(10-3-2-7(15)4-11(10)21(25)26)13-9(14(16,17)18)5-8(20(23)24)6-12(13)22(27)28/h2-6H,1H3. The molecular weight excluding hydrogens is 396 g/mol. The maximum absolute atomic E-state index is 13.5. The Kier molecular flexibility index (Phi) is 5.16. The van der Waals surface area contributed by atoms with Gasteiger partial charge in [-0.05, 0) is 12.1 Å². The van der Waals surface area contributed by atoms with E-state index in [-0.39, 0.29) is 6.07 Å². The van der Waals surface area contributed by atoms with Crippen LogP contribution in [0.2, 0.25) is 0 Å². The van der Waals surface area contributed by atoms with Crippen molar-refractivity contribution in [3.05, 3.63) is 72.1 Å². The molecule has 0 aliphatic carbocycles. The van der Waals surface area contributed by atoms with Gasteiger partial charge in [0.05, 0.1) is 32.5 Å². The Balaban J connectivity index is 2.89. The second-order valence-electron chi connectivity index (χ2n) is 5.32. The topological polar surface area (TPSA) is 133 Å². The number of nitro groups is 3. The molecule has 0 saturated carbocycles. The molecule has 0 radical (unpaired) electrons. The van der Waals surface area contributed by atoms with Gasteiger partial charge >= 0.3 is 6.18 Å². The highest BCUT2D eigenvalue weighted by molar-refractivity contribution is 5.81. The van der Waals surface area contributed by atoms with Crippen LogP contribution in [-0.2, 0) is 6.18 Å². The molecule has 2 aromatic carbocycles. The fourth-order valence-electron chi connectivity index (χ4n) is 2.46. The number of rotatable bonds is 5. The lowest BCUT2D eigenvalue weighted by molar-refractivity contribution is -0.394. The number of hydrogen-bond acceptors (Lipinski definition) is 7. The van der Waals surface area contributed by atoms with E-state index >= 15 is 0 Å². The zero-order valence-corrected chi connectivity index (χ0v) is 13.6. The Morgan fingerprint density at radius 3 is 1.93 bits per heavy atom. The number of anilines is 2. The number of nitrogens with zero attached hydrogens (tertiary/aromatic N) is 4. The average Bonchev–Trinajstić information content (AvgIpc) is 2.58. The molecule has 0 unspecified atom stereocenters. The van der Waals surface area contributed by atoms with Crippen LogP contribution in [0.4, 0.5) is 46.0 Å². The van der Waals surface area contributed by atoms with Crippen molar-refractivity contribution in [3.63, 3.8) is 0 Å². The van der Waals surface area contributed by atoms with Crippen molar-refractivity contribution in [2.24, 2.45) is 0 Å². The summed E-state index contributed by atoms with van der Waals surface area (Å²) in [5, 5.41) is 33.3. The van der Waals surface area contributed by atoms with Gasteiger partial charge in [0.1, 0.15) is 17.2 Å². The number of hydrogen-bond donors (Lipinski definition) is 0. The third-order valence-corrected chi connectivity index (χ3v) is 3.62. The molecular formula is C14H8F4N4O6. The Morgan fingerprint density at radius 2 is 1.46 bits per heavy atom. The molecule has 0 saturated heterocycles. The van der Waals surface area contributed by atoms with Crippen LogP contribution in [0, 0.1) is 36.2 Å². The van der Waals surface area contributed by atoms with Crippen LogP contribution in [0.25, 0.3) is 0 Å². The Bertz CT molecular complexity index is 995. The average molecular weight is 404 g/mol. The molecule has 0 spiro atoms. The number of halogens is 4. The Hall–Kier alpha value is -3.84. The van der Waals surface area contributed by atoms with Crippen molar-refractivity contribution in [1.29, 1.82) is 0 Å². The van der Waals surface area contributed by atoms with Crippen LogP contribution in [-0.4, -0.2) is 21.8 Å². The monoisotopic (exact) mass is 404 g/mol. The number of alkyl halides is 3. The largest absolute Gasteiger partial charge is 0.418 e. The molecule has 14 heteroatoms. The van der Waals surface area contributed by atoms with Gasteiger partial charge in [-0.3, -0.25) is 30.3 Å². The summed E-state index contributed by atoms with van der Waals surface area (Å²) < 4.78 is 53.7. The highest BCUT2D eigenvalue weighted by Gasteiger charge is 2.41. The lowest BCUT2D eigenvalue weighted by atomic mass is 10.1. The summed E-state index contributed by atoms with van der Waals surface area (Å²) in [6.07, 6.45) is -5.27. The summed E-state index contributed by atoms with van der Waals surface area (Å²) in [7, 11) is 0.851. The molecule has 0 bridgehead atoms. The van der Waals surface area contributed by atoms with Crippen molar-refractivity contribution >= 4 is 28.4 Å². The van der Waals surface area contributed by atoms with Crippen LogP contribution in [0.15, 0.2) is 30.3 Å². The third kappa shape index (κ3) is 3.79. The van der Waals surface area contributed by atoms with Crippen LogP contribution in [0.1, 0.15) is 5.56 Å². The molecule has 28 heavy (non-hydrogen) atoms. The SMILES string of the molecule is CN(c1ccc(F)cc1[N+](=O)[O-])c1c([N+](=O)[O-])cc([N+](=O)[O-])cc1C(F)(F)F. The van der Waals surface area contributed by atoms with Crippen molar-refractivity contribution < 1.29 is 32.3 Å². The molecule has 0 amide bonds. The Morgan fingerprint density at radius 1 is 0.893 bits per heavy atom. The van der Waals surface area contributed by atoms with Gasteiger partial charge in [0.25, 0.3) is 17.1 Å². The molecule has 0 N–H and O–H groups in total. The summed E-state index contributed by atoms with van der Waals surface area (Å²) in [5.41, 5.74) is -6.96. The van der Waals surface area contributed by atoms with Gasteiger partial charge in [-0.1, -0.05) is 0 Å². The van der Waals surface area contributed by atoms with Gasteiger partial charge in [0, 0.05) is 13.1 Å². The molecule has 2 rings (SSSR count). The highest BCUT2D eigenvalue weighted by atomic mass is 19.4. The quantitative estimate of drug-likeness (QED) is 0.411. The summed E-state index contributed by atoms with van der Waals surface area (Å²) in [6.45, 7) is 0. The van der Waals surface area contributed by atoms with E-state index in [0.717, 1.165) is 13.1 Å². The predicted octanol–water partition coefficient (Wildman–Crippen LogP) is 4.34. The van der Waals surface area contributed by atoms with E-state index in [4.69, 9.17) is 0 Å². The molecule has 0 aliphatic rings. The first-order chi connectivity index (χ1) is 12.8. The van der Waals surface area contributed by atoms with Gasteiger partial charge < -0.3 is 4.90 Å². The van der Waals surface area contributed by atoms with Crippen LogP contribution in [0.5, 0.6) is 0 Å². The maximum Gasteiger partial charge on any atom is 0.418 e. The molecule has 0 aromatic heterocycles. The predicted molar refractivity (Wildman–Crippen MR) is 85.9 cm³/mol. The van der Waals surface area contributed by atoms with Crippen molar-refractivity contribution in [2.75, 3.05) is 11.9 Å². The summed E-state index contributed by atoms with van der Waals surface area (Å²) >= 11 is 0. The first-order valence-electron chi connectivity index (χ1n) is 7.06. The van der Waals surface area contributed by atoms with Gasteiger partial charge in [0.15, 0.2) is 0 Å². The summed E-state index contributed by atoms with van der Waals surface area (Å²) in [4.78, 5) is 30.1. The van der Waals surface area contributed by atoms with E-state index in [9.17, 15) is 47.9 Å². The molecule has 0 fully saturated rings. The second-order valence-corrected chi connectivity index (χ2v) is 5.32. The highest BCUT2D eigenvalue weighted by Crippen LogP contribution is 2.47. The van der Waals surface area contributed by atoms with E-state index < -0.39 is 60.8 Å². The summed E-state index contributed by atoms with van der Waals surface area (Å²) in [5.74, 6) is -1.06. The maximum atomic E-state index is 13.5. The van der Waals surface area contributed by atoms with E-state index in [0.29, 0.717) is 23.1 Å². The fraction of sp³-hybridized carbons (Fsp3) is 0.143. The molecule has 148 valence electrons. The minimum atomic E-state index is -5.27. The molecule has 10 nitrogen and oxygen atoms in total. The van der Waals surface area contributed by atoms with Crippen LogP contribution >= 0.6 is 0 Å². The number of non-ortho nitro benzene ring substituents is 1. The molecule has 2 aromatic rings. The van der Waals surface area contributed by atoms with Crippen LogP contribution in [0.3, 0.4) is 0 Å². The van der Waals surface area contributed by atoms with Crippen molar-refractivity contribution in [1.82, 2.24) is 0 Å². The van der Waals surface area contributed by atoms with Crippen LogP contribution < -0.4 is 4.90 Å². The first kappa shape index (κ1) is 20.5. The fourth-order valence-corrected chi connectivity index (χ4v) is 2.46. The minimum absolute atomic E-state index is 0.0776. The van der Waals surface area contributed by atoms with Gasteiger partial charge in [-0.2, -0.15) is 13.2 Å². The second kappa shape index (κ2) is 7.05. The smallest absolute Gasteiger partial charge is 0.333 e. The zero-order valence-electron chi connectivity index (χ0n) is 13.6. The van der Waals surface area contributed by atoms with Crippen molar-refractivity contribution in [2.45, 2.75) is 6.18 Å². The summed E-state index contributed by atoms with van der Waals surface area (Å²) in [6, 6.07) is 2.28. The van der Waals surface area contributed by atoms with E-state index in [1.54, 1.807) is 0 Å². The van der Waals surface area contributed by atoms with Crippen molar-refractivity contribution in [3.8, 4) is 0 Å². The van der Waals surface area contributed by atoms with Gasteiger partial charge in [-0.25, -0.2) is 4.39 Å². The lowest BCUT2D eigenvalue weighted by Crippen LogP contribution is -2.19. The Labute approximate surface area is 152 Å². The normalized spacial score (nSPS) is 11.2. The van der Waals surface area contributed by atoms with Gasteiger partial charge in [-0.15, -0.1) is 0 Å². The molecule has 0 aliphatic heterocycles. The van der Waals surface area contributed by atoms with Gasteiger partial charge in [0.2, 0.25) is 0 Å². The first-order valence-corrected chi connectivity index (χ1v) is 7.06. The lowest BCUT2D eigenvalue weighted by Gasteiger charge is -2.23. The molecule has 0 atom stereocenters. The minimum Gasteiger partial charge on any atom is -0.333 e. The van der Waals surface area contributed by atoms with E-state index in [1.165, 1.54) is 0 Å². The number of nitro benzene ring substituents is 3.